The molecule has 0 aliphatic rings. The minimum Gasteiger partial charge on any atom is -0.330 e. The van der Waals surface area contributed by atoms with Crippen molar-refractivity contribution in [2.75, 3.05) is 6.54 Å². The number of nitrogens with zero attached hydrogens (tertiary/aromatic N) is 1. The maximum atomic E-state index is 13.6. The van der Waals surface area contributed by atoms with Crippen molar-refractivity contribution in [3.8, 4) is 11.3 Å². The lowest BCUT2D eigenvalue weighted by atomic mass is 10.1. The number of hydrogen-bond acceptors (Lipinski definition) is 3. The van der Waals surface area contributed by atoms with Crippen molar-refractivity contribution >= 4 is 27.3 Å². The second-order valence-corrected chi connectivity index (χ2v) is 5.50. The molecule has 1 aromatic carbocycles. The van der Waals surface area contributed by atoms with Crippen LogP contribution < -0.4 is 5.73 Å². The van der Waals surface area contributed by atoms with Crippen LogP contribution in [-0.4, -0.2) is 11.5 Å². The Balaban J connectivity index is 2.27. The van der Waals surface area contributed by atoms with Gasteiger partial charge in [0, 0.05) is 21.8 Å². The van der Waals surface area contributed by atoms with E-state index in [2.05, 4.69) is 20.9 Å². The zero-order valence-corrected chi connectivity index (χ0v) is 11.5. The molecule has 0 fully saturated rings. The SMILES string of the molecule is NCCCc1nc(-c2cc(Br)ccc2F)cs1. The maximum absolute atomic E-state index is 13.6. The van der Waals surface area contributed by atoms with Crippen LogP contribution in [0.3, 0.4) is 0 Å². The van der Waals surface area contributed by atoms with Gasteiger partial charge in [-0.1, -0.05) is 15.9 Å². The third-order valence-electron chi connectivity index (χ3n) is 2.35. The lowest BCUT2D eigenvalue weighted by Gasteiger charge is -2.00. The third-order valence-corrected chi connectivity index (χ3v) is 3.75. The monoisotopic (exact) mass is 314 g/mol. The van der Waals surface area contributed by atoms with E-state index in [1.54, 1.807) is 23.5 Å². The van der Waals surface area contributed by atoms with Crippen LogP contribution in [0.25, 0.3) is 11.3 Å². The van der Waals surface area contributed by atoms with Gasteiger partial charge in [-0.25, -0.2) is 9.37 Å². The van der Waals surface area contributed by atoms with Gasteiger partial charge in [-0.3, -0.25) is 0 Å². The van der Waals surface area contributed by atoms with Gasteiger partial charge in [-0.2, -0.15) is 0 Å². The molecular weight excluding hydrogens is 303 g/mol. The van der Waals surface area contributed by atoms with Crippen LogP contribution in [0, 0.1) is 5.82 Å². The van der Waals surface area contributed by atoms with Crippen molar-refractivity contribution in [2.24, 2.45) is 5.73 Å². The predicted octanol–water partition coefficient (Wildman–Crippen LogP) is 3.60. The van der Waals surface area contributed by atoms with Crippen LogP contribution in [0.1, 0.15) is 11.4 Å². The van der Waals surface area contributed by atoms with Crippen molar-refractivity contribution in [1.82, 2.24) is 4.98 Å². The zero-order valence-electron chi connectivity index (χ0n) is 9.12. The number of aromatic nitrogens is 1. The molecule has 2 nitrogen and oxygen atoms in total. The van der Waals surface area contributed by atoms with E-state index >= 15 is 0 Å². The number of rotatable bonds is 4. The average molecular weight is 315 g/mol. The minimum absolute atomic E-state index is 0.246. The summed E-state index contributed by atoms with van der Waals surface area (Å²) in [5.74, 6) is -0.246. The molecule has 1 heterocycles. The lowest BCUT2D eigenvalue weighted by Crippen LogP contribution is -2.00. The van der Waals surface area contributed by atoms with Crippen LogP contribution in [0.5, 0.6) is 0 Å². The molecular formula is C12H12BrFN2S. The Morgan fingerprint density at radius 2 is 2.24 bits per heavy atom. The Kier molecular flexibility index (Phi) is 4.25. The fourth-order valence-electron chi connectivity index (χ4n) is 1.50. The lowest BCUT2D eigenvalue weighted by molar-refractivity contribution is 0.630. The van der Waals surface area contributed by atoms with Crippen molar-refractivity contribution in [3.63, 3.8) is 0 Å². The molecule has 0 saturated heterocycles. The smallest absolute Gasteiger partial charge is 0.132 e. The molecule has 0 saturated carbocycles. The number of aryl methyl sites for hydroxylation is 1. The second kappa shape index (κ2) is 5.71. The predicted molar refractivity (Wildman–Crippen MR) is 72.6 cm³/mol. The number of halogens is 2. The highest BCUT2D eigenvalue weighted by Gasteiger charge is 2.09. The summed E-state index contributed by atoms with van der Waals surface area (Å²) < 4.78 is 14.5. The van der Waals surface area contributed by atoms with Crippen molar-refractivity contribution in [1.29, 1.82) is 0 Å². The standard InChI is InChI=1S/C12H12BrFN2S/c13-8-3-4-10(14)9(6-8)11-7-17-12(16-11)2-1-5-15/h3-4,6-7H,1-2,5,15H2. The van der Waals surface area contributed by atoms with Gasteiger partial charge >= 0.3 is 0 Å². The number of hydrogen-bond donors (Lipinski definition) is 1. The van der Waals surface area contributed by atoms with Crippen LogP contribution >= 0.6 is 27.3 Å². The molecule has 0 amide bonds. The fourth-order valence-corrected chi connectivity index (χ4v) is 2.70. The van der Waals surface area contributed by atoms with Gasteiger partial charge < -0.3 is 5.73 Å². The molecule has 0 bridgehead atoms. The Hall–Kier alpha value is -0.780. The molecule has 90 valence electrons. The molecule has 0 aliphatic carbocycles. The summed E-state index contributed by atoms with van der Waals surface area (Å²) in [5, 5.41) is 2.89. The summed E-state index contributed by atoms with van der Waals surface area (Å²) in [6.07, 6.45) is 1.77. The molecule has 0 spiro atoms. The first kappa shape index (κ1) is 12.7. The first-order valence-electron chi connectivity index (χ1n) is 5.30. The van der Waals surface area contributed by atoms with Gasteiger partial charge in [0.1, 0.15) is 5.82 Å². The van der Waals surface area contributed by atoms with Crippen molar-refractivity contribution in [3.05, 3.63) is 38.9 Å². The zero-order chi connectivity index (χ0) is 12.3. The van der Waals surface area contributed by atoms with Gasteiger partial charge in [-0.05, 0) is 31.2 Å². The normalized spacial score (nSPS) is 10.8. The summed E-state index contributed by atoms with van der Waals surface area (Å²) in [7, 11) is 0. The van der Waals surface area contributed by atoms with Crippen LogP contribution in [0.15, 0.2) is 28.1 Å². The molecule has 2 rings (SSSR count). The van der Waals surface area contributed by atoms with Crippen LogP contribution in [0.4, 0.5) is 4.39 Å². The van der Waals surface area contributed by atoms with E-state index in [4.69, 9.17) is 5.73 Å². The summed E-state index contributed by atoms with van der Waals surface area (Å²) in [6, 6.07) is 4.87. The highest BCUT2D eigenvalue weighted by molar-refractivity contribution is 9.10. The van der Waals surface area contributed by atoms with E-state index in [9.17, 15) is 4.39 Å². The van der Waals surface area contributed by atoms with E-state index in [1.807, 2.05) is 5.38 Å². The molecule has 2 aromatic rings. The van der Waals surface area contributed by atoms with E-state index in [-0.39, 0.29) is 5.82 Å². The molecule has 0 aliphatic heterocycles. The average Bonchev–Trinajstić information content (AvgIpc) is 2.78. The number of benzene rings is 1. The maximum Gasteiger partial charge on any atom is 0.132 e. The fraction of sp³-hybridized carbons (Fsp3) is 0.250. The Bertz CT molecular complexity index is 513. The molecule has 5 heteroatoms. The van der Waals surface area contributed by atoms with E-state index in [0.29, 0.717) is 17.8 Å². The van der Waals surface area contributed by atoms with Crippen LogP contribution in [0.2, 0.25) is 0 Å². The number of nitrogens with two attached hydrogens (primary N) is 1. The Morgan fingerprint density at radius 3 is 3.00 bits per heavy atom. The Labute approximate surface area is 112 Å². The highest BCUT2D eigenvalue weighted by atomic mass is 79.9. The van der Waals surface area contributed by atoms with Gasteiger partial charge in [0.25, 0.3) is 0 Å². The largest absolute Gasteiger partial charge is 0.330 e. The van der Waals surface area contributed by atoms with Crippen molar-refractivity contribution in [2.45, 2.75) is 12.8 Å². The summed E-state index contributed by atoms with van der Waals surface area (Å²) in [5.41, 5.74) is 6.68. The van der Waals surface area contributed by atoms with Crippen molar-refractivity contribution < 1.29 is 4.39 Å². The molecule has 17 heavy (non-hydrogen) atoms. The number of thiazole rings is 1. The van der Waals surface area contributed by atoms with E-state index in [1.165, 1.54) is 6.07 Å². The molecule has 0 atom stereocenters. The first-order chi connectivity index (χ1) is 8.20. The summed E-state index contributed by atoms with van der Waals surface area (Å²) in [6.45, 7) is 0.653. The summed E-state index contributed by atoms with van der Waals surface area (Å²) >= 11 is 4.89. The first-order valence-corrected chi connectivity index (χ1v) is 6.98. The minimum atomic E-state index is -0.246. The topological polar surface area (TPSA) is 38.9 Å². The quantitative estimate of drug-likeness (QED) is 0.936. The van der Waals surface area contributed by atoms with Gasteiger partial charge in [-0.15, -0.1) is 11.3 Å². The third kappa shape index (κ3) is 3.12. The van der Waals surface area contributed by atoms with Gasteiger partial charge in [0.05, 0.1) is 10.7 Å². The molecule has 1 aromatic heterocycles. The molecule has 0 radical (unpaired) electrons. The highest BCUT2D eigenvalue weighted by Crippen LogP contribution is 2.27. The van der Waals surface area contributed by atoms with Gasteiger partial charge in [0.15, 0.2) is 0 Å². The second-order valence-electron chi connectivity index (χ2n) is 3.64. The van der Waals surface area contributed by atoms with E-state index < -0.39 is 0 Å². The molecule has 2 N–H and O–H groups in total. The van der Waals surface area contributed by atoms with E-state index in [0.717, 1.165) is 22.3 Å². The molecule has 0 unspecified atom stereocenters. The van der Waals surface area contributed by atoms with Gasteiger partial charge in [0.2, 0.25) is 0 Å². The Morgan fingerprint density at radius 1 is 1.41 bits per heavy atom. The summed E-state index contributed by atoms with van der Waals surface area (Å²) in [4.78, 5) is 4.42. The van der Waals surface area contributed by atoms with Crippen LogP contribution in [-0.2, 0) is 6.42 Å².